The van der Waals surface area contributed by atoms with Crippen molar-refractivity contribution in [2.45, 2.75) is 6.92 Å². The minimum Gasteiger partial charge on any atom is -0.435 e. The van der Waals surface area contributed by atoms with Crippen LogP contribution in [0, 0.1) is 21.7 Å². The predicted molar refractivity (Wildman–Crippen MR) is 67.3 cm³/mol. The maximum atomic E-state index is 13.7. The molecule has 0 fully saturated rings. The quantitative estimate of drug-likeness (QED) is 0.491. The van der Waals surface area contributed by atoms with E-state index in [1.165, 1.54) is 25.3 Å². The van der Waals surface area contributed by atoms with Crippen molar-refractivity contribution in [1.82, 2.24) is 4.98 Å². The Morgan fingerprint density at radius 2 is 2.05 bits per heavy atom. The minimum absolute atomic E-state index is 0.0793. The number of carbonyl (C=O) groups excluding carboxylic acids is 1. The molecule has 0 aliphatic carbocycles. The van der Waals surface area contributed by atoms with Crippen LogP contribution in [0.4, 0.5) is 14.5 Å². The van der Waals surface area contributed by atoms with Gasteiger partial charge >= 0.3 is 5.69 Å². The second-order valence-corrected chi connectivity index (χ2v) is 4.01. The Morgan fingerprint density at radius 3 is 2.67 bits per heavy atom. The maximum Gasteiger partial charge on any atom is 0.307 e. The van der Waals surface area contributed by atoms with E-state index in [-0.39, 0.29) is 17.2 Å². The van der Waals surface area contributed by atoms with Crippen molar-refractivity contribution in [2.75, 3.05) is 0 Å². The molecule has 0 amide bonds. The number of nitro groups is 1. The van der Waals surface area contributed by atoms with Gasteiger partial charge in [-0.3, -0.25) is 14.9 Å². The molecule has 0 bridgehead atoms. The summed E-state index contributed by atoms with van der Waals surface area (Å²) in [5.74, 6) is -3.57. The number of hydrogen-bond donors (Lipinski definition) is 0. The van der Waals surface area contributed by atoms with Crippen molar-refractivity contribution in [2.24, 2.45) is 0 Å². The number of benzene rings is 1. The molecule has 2 rings (SSSR count). The number of rotatable bonds is 4. The van der Waals surface area contributed by atoms with Crippen molar-refractivity contribution in [3.05, 3.63) is 57.8 Å². The van der Waals surface area contributed by atoms with Gasteiger partial charge in [0.1, 0.15) is 0 Å². The van der Waals surface area contributed by atoms with Gasteiger partial charge in [-0.25, -0.2) is 9.37 Å². The summed E-state index contributed by atoms with van der Waals surface area (Å²) in [6.07, 6.45) is 1.31. The van der Waals surface area contributed by atoms with Gasteiger partial charge in [-0.15, -0.1) is 0 Å². The molecule has 2 aromatic rings. The highest BCUT2D eigenvalue weighted by molar-refractivity contribution is 5.96. The number of aromatic nitrogens is 1. The molecule has 8 heteroatoms. The second kappa shape index (κ2) is 5.61. The van der Waals surface area contributed by atoms with Crippen LogP contribution in [0.15, 0.2) is 30.5 Å². The van der Waals surface area contributed by atoms with Crippen molar-refractivity contribution < 1.29 is 23.2 Å². The molecule has 0 unspecified atom stereocenters. The van der Waals surface area contributed by atoms with Gasteiger partial charge in [0, 0.05) is 12.3 Å². The molecule has 0 aliphatic rings. The van der Waals surface area contributed by atoms with Crippen LogP contribution in [-0.2, 0) is 0 Å². The fourth-order valence-electron chi connectivity index (χ4n) is 1.58. The molecule has 0 radical (unpaired) electrons. The Morgan fingerprint density at radius 1 is 1.33 bits per heavy atom. The first-order chi connectivity index (χ1) is 9.90. The van der Waals surface area contributed by atoms with Gasteiger partial charge < -0.3 is 4.74 Å². The van der Waals surface area contributed by atoms with Gasteiger partial charge in [-0.2, -0.15) is 4.39 Å². The van der Waals surface area contributed by atoms with Crippen molar-refractivity contribution >= 4 is 11.5 Å². The van der Waals surface area contributed by atoms with Gasteiger partial charge in [0.2, 0.25) is 11.7 Å². The molecule has 108 valence electrons. The zero-order chi connectivity index (χ0) is 15.6. The largest absolute Gasteiger partial charge is 0.435 e. The van der Waals surface area contributed by atoms with Gasteiger partial charge in [0.05, 0.1) is 16.6 Å². The minimum atomic E-state index is -1.25. The number of hydrogen-bond acceptors (Lipinski definition) is 5. The highest BCUT2D eigenvalue weighted by atomic mass is 19.1. The van der Waals surface area contributed by atoms with Crippen LogP contribution in [0.3, 0.4) is 0 Å². The molecule has 6 nitrogen and oxygen atoms in total. The molecule has 21 heavy (non-hydrogen) atoms. The van der Waals surface area contributed by atoms with E-state index < -0.39 is 28.0 Å². The lowest BCUT2D eigenvalue weighted by Crippen LogP contribution is -2.01. The molecule has 0 atom stereocenters. The summed E-state index contributed by atoms with van der Waals surface area (Å²) in [6.45, 7) is 1.26. The molecular formula is C13H8F2N2O4. The molecule has 0 spiro atoms. The summed E-state index contributed by atoms with van der Waals surface area (Å²) < 4.78 is 32.2. The standard InChI is InChI=1S/C13H8F2N2O4/c1-7(18)8-3-2-4-16-13(8)21-12-6-9(14)11(17(19)20)5-10(12)15/h2-6H,1H3. The Hall–Kier alpha value is -2.90. The van der Waals surface area contributed by atoms with Gasteiger partial charge in [0.25, 0.3) is 0 Å². The summed E-state index contributed by atoms with van der Waals surface area (Å²) in [7, 11) is 0. The zero-order valence-electron chi connectivity index (χ0n) is 10.7. The fourth-order valence-corrected chi connectivity index (χ4v) is 1.58. The highest BCUT2D eigenvalue weighted by Crippen LogP contribution is 2.30. The van der Waals surface area contributed by atoms with Crippen LogP contribution >= 0.6 is 0 Å². The van der Waals surface area contributed by atoms with Crippen molar-refractivity contribution in [3.63, 3.8) is 0 Å². The summed E-state index contributed by atoms with van der Waals surface area (Å²) in [5, 5.41) is 10.5. The first-order valence-corrected chi connectivity index (χ1v) is 5.67. The normalized spacial score (nSPS) is 10.2. The summed E-state index contributed by atoms with van der Waals surface area (Å²) in [5.41, 5.74) is -0.927. The van der Waals surface area contributed by atoms with E-state index in [0.29, 0.717) is 12.1 Å². The highest BCUT2D eigenvalue weighted by Gasteiger charge is 2.21. The monoisotopic (exact) mass is 294 g/mol. The maximum absolute atomic E-state index is 13.7. The third-order valence-electron chi connectivity index (χ3n) is 2.56. The second-order valence-electron chi connectivity index (χ2n) is 4.01. The fraction of sp³-hybridized carbons (Fsp3) is 0.0769. The number of Topliss-reactive ketones (excluding diaryl/α,β-unsaturated/α-hetero) is 1. The van der Waals surface area contributed by atoms with Crippen LogP contribution in [-0.4, -0.2) is 15.7 Å². The van der Waals surface area contributed by atoms with Gasteiger partial charge in [0.15, 0.2) is 17.3 Å². The molecule has 1 aromatic carbocycles. The average Bonchev–Trinajstić information content (AvgIpc) is 2.42. The first-order valence-electron chi connectivity index (χ1n) is 5.67. The van der Waals surface area contributed by atoms with E-state index in [2.05, 4.69) is 4.98 Å². The number of nitro benzene ring substituents is 1. The first kappa shape index (κ1) is 14.5. The van der Waals surface area contributed by atoms with E-state index in [9.17, 15) is 23.7 Å². The number of ketones is 1. The Balaban J connectivity index is 2.44. The summed E-state index contributed by atoms with van der Waals surface area (Å²) in [4.78, 5) is 24.6. The van der Waals surface area contributed by atoms with Crippen LogP contribution in [0.1, 0.15) is 17.3 Å². The van der Waals surface area contributed by atoms with Gasteiger partial charge in [-0.1, -0.05) is 0 Å². The molecule has 0 N–H and O–H groups in total. The molecule has 0 saturated heterocycles. The summed E-state index contributed by atoms with van der Waals surface area (Å²) >= 11 is 0. The average molecular weight is 294 g/mol. The van der Waals surface area contributed by atoms with E-state index >= 15 is 0 Å². The predicted octanol–water partition coefficient (Wildman–Crippen LogP) is 3.26. The number of carbonyl (C=O) groups is 1. The number of halogens is 2. The van der Waals surface area contributed by atoms with E-state index in [1.807, 2.05) is 0 Å². The third-order valence-corrected chi connectivity index (χ3v) is 2.56. The van der Waals surface area contributed by atoms with E-state index in [1.54, 1.807) is 0 Å². The summed E-state index contributed by atoms with van der Waals surface area (Å²) in [6, 6.07) is 3.83. The lowest BCUT2D eigenvalue weighted by atomic mass is 10.2. The molecule has 1 heterocycles. The smallest absolute Gasteiger partial charge is 0.307 e. The molecular weight excluding hydrogens is 286 g/mol. The lowest BCUT2D eigenvalue weighted by molar-refractivity contribution is -0.387. The Bertz CT molecular complexity index is 734. The van der Waals surface area contributed by atoms with E-state index in [4.69, 9.17) is 4.74 Å². The Kier molecular flexibility index (Phi) is 3.88. The van der Waals surface area contributed by atoms with Gasteiger partial charge in [-0.05, 0) is 19.1 Å². The molecule has 0 aliphatic heterocycles. The van der Waals surface area contributed by atoms with Crippen molar-refractivity contribution in [1.29, 1.82) is 0 Å². The van der Waals surface area contributed by atoms with Crippen LogP contribution in [0.5, 0.6) is 11.6 Å². The van der Waals surface area contributed by atoms with Crippen LogP contribution in [0.25, 0.3) is 0 Å². The molecule has 0 saturated carbocycles. The van der Waals surface area contributed by atoms with E-state index in [0.717, 1.165) is 0 Å². The lowest BCUT2D eigenvalue weighted by Gasteiger charge is -2.08. The number of pyridine rings is 1. The van der Waals surface area contributed by atoms with Crippen LogP contribution in [0.2, 0.25) is 0 Å². The third kappa shape index (κ3) is 2.99. The SMILES string of the molecule is CC(=O)c1cccnc1Oc1cc(F)c([N+](=O)[O-])cc1F. The number of nitrogens with zero attached hydrogens (tertiary/aromatic N) is 2. The van der Waals surface area contributed by atoms with Crippen LogP contribution < -0.4 is 4.74 Å². The zero-order valence-corrected chi connectivity index (χ0v) is 10.7. The number of ether oxygens (including phenoxy) is 1. The van der Waals surface area contributed by atoms with Crippen molar-refractivity contribution in [3.8, 4) is 11.6 Å². The topological polar surface area (TPSA) is 82.3 Å². The Labute approximate surface area is 117 Å². The molecule has 1 aromatic heterocycles.